The van der Waals surface area contributed by atoms with Crippen LogP contribution in [0.4, 0.5) is 0 Å². The molecule has 0 bridgehead atoms. The molecular formula is C8H19NO. The lowest BCUT2D eigenvalue weighted by Crippen LogP contribution is -1.99. The molecule has 62 valence electrons. The molecule has 0 aromatic heterocycles. The predicted molar refractivity (Wildman–Crippen MR) is 46.1 cm³/mol. The van der Waals surface area contributed by atoms with Crippen molar-refractivity contribution in [2.45, 2.75) is 13.3 Å². The van der Waals surface area contributed by atoms with Crippen molar-refractivity contribution in [1.82, 2.24) is 4.90 Å². The monoisotopic (exact) mass is 145 g/mol. The average molecular weight is 145 g/mol. The maximum Gasteiger partial charge on any atom is 0.0465 e. The largest absolute Gasteiger partial charge is 0.396 e. The van der Waals surface area contributed by atoms with E-state index in [1.54, 1.807) is 0 Å². The molecule has 0 rings (SSSR count). The third-order valence-electron chi connectivity index (χ3n) is 0.531. The molecule has 0 amide bonds. The first-order valence-corrected chi connectivity index (χ1v) is 3.48. The molecule has 1 N–H and O–H groups in total. The number of allylic oxidation sites excluding steroid dienone is 1. The Kier molecular flexibility index (Phi) is 14.1. The van der Waals surface area contributed by atoms with E-state index in [0.29, 0.717) is 0 Å². The fourth-order valence-corrected chi connectivity index (χ4v) is 0.241. The van der Waals surface area contributed by atoms with Crippen LogP contribution in [0.5, 0.6) is 0 Å². The molecule has 0 atom stereocenters. The summed E-state index contributed by atoms with van der Waals surface area (Å²) in [6, 6.07) is 0. The van der Waals surface area contributed by atoms with E-state index in [1.807, 2.05) is 45.1 Å². The first-order chi connectivity index (χ1) is 4.65. The van der Waals surface area contributed by atoms with Gasteiger partial charge in [-0.3, -0.25) is 0 Å². The van der Waals surface area contributed by atoms with Gasteiger partial charge in [-0.1, -0.05) is 12.2 Å². The van der Waals surface area contributed by atoms with E-state index >= 15 is 0 Å². The van der Waals surface area contributed by atoms with Crippen LogP contribution in [0.15, 0.2) is 12.2 Å². The second kappa shape index (κ2) is 11.5. The molecule has 2 heteroatoms. The minimum Gasteiger partial charge on any atom is -0.396 e. The van der Waals surface area contributed by atoms with Gasteiger partial charge >= 0.3 is 0 Å². The van der Waals surface area contributed by atoms with Crippen LogP contribution in [-0.2, 0) is 0 Å². The maximum absolute atomic E-state index is 8.15. The summed E-state index contributed by atoms with van der Waals surface area (Å²) in [6.07, 6.45) is 4.65. The number of aliphatic hydroxyl groups excluding tert-OH is 1. The zero-order valence-corrected chi connectivity index (χ0v) is 7.46. The summed E-state index contributed by atoms with van der Waals surface area (Å²) in [5.41, 5.74) is 0. The third-order valence-corrected chi connectivity index (χ3v) is 0.531. The fourth-order valence-electron chi connectivity index (χ4n) is 0.241. The minimum absolute atomic E-state index is 0.268. The van der Waals surface area contributed by atoms with E-state index in [0.717, 1.165) is 6.42 Å². The molecule has 0 saturated carbocycles. The molecule has 0 spiro atoms. The quantitative estimate of drug-likeness (QED) is 0.589. The maximum atomic E-state index is 8.15. The molecule has 2 nitrogen and oxygen atoms in total. The first-order valence-electron chi connectivity index (χ1n) is 3.48. The van der Waals surface area contributed by atoms with Crippen LogP contribution < -0.4 is 0 Å². The van der Waals surface area contributed by atoms with Crippen LogP contribution in [-0.4, -0.2) is 37.8 Å². The van der Waals surface area contributed by atoms with Crippen molar-refractivity contribution in [2.24, 2.45) is 0 Å². The van der Waals surface area contributed by atoms with Crippen LogP contribution in [0.2, 0.25) is 0 Å². The highest BCUT2D eigenvalue weighted by atomic mass is 16.2. The standard InChI is InChI=1S/C5H10O.C3H9N/c1-2-3-4-5-6;1-4(2)3/h2-3,6H,4-5H2,1H3;1-3H3. The highest BCUT2D eigenvalue weighted by Gasteiger charge is 1.65. The van der Waals surface area contributed by atoms with Gasteiger partial charge in [0, 0.05) is 6.61 Å². The van der Waals surface area contributed by atoms with E-state index < -0.39 is 0 Å². The minimum atomic E-state index is 0.268. The van der Waals surface area contributed by atoms with Gasteiger partial charge in [0.05, 0.1) is 0 Å². The van der Waals surface area contributed by atoms with Gasteiger partial charge in [-0.05, 0) is 34.5 Å². The normalized spacial score (nSPS) is 9.80. The third kappa shape index (κ3) is 48.0. The molecule has 0 heterocycles. The molecule has 10 heavy (non-hydrogen) atoms. The van der Waals surface area contributed by atoms with E-state index in [9.17, 15) is 0 Å². The number of hydrogen-bond acceptors (Lipinski definition) is 2. The van der Waals surface area contributed by atoms with Gasteiger partial charge in [0.25, 0.3) is 0 Å². The lowest BCUT2D eigenvalue weighted by atomic mass is 10.4. The van der Waals surface area contributed by atoms with E-state index in [-0.39, 0.29) is 6.61 Å². The van der Waals surface area contributed by atoms with Crippen LogP contribution in [0.3, 0.4) is 0 Å². The van der Waals surface area contributed by atoms with E-state index in [1.165, 1.54) is 0 Å². The van der Waals surface area contributed by atoms with Crippen LogP contribution in [0, 0.1) is 0 Å². The summed E-state index contributed by atoms with van der Waals surface area (Å²) < 4.78 is 0. The fraction of sp³-hybridized carbons (Fsp3) is 0.750. The second-order valence-electron chi connectivity index (χ2n) is 2.42. The summed E-state index contributed by atoms with van der Waals surface area (Å²) in [5.74, 6) is 0. The summed E-state index contributed by atoms with van der Waals surface area (Å²) >= 11 is 0. The Hall–Kier alpha value is -0.340. The van der Waals surface area contributed by atoms with Crippen molar-refractivity contribution in [3.8, 4) is 0 Å². The average Bonchev–Trinajstić information content (AvgIpc) is 1.82. The lowest BCUT2D eigenvalue weighted by molar-refractivity contribution is 0.302. The van der Waals surface area contributed by atoms with Gasteiger partial charge in [0.2, 0.25) is 0 Å². The molecule has 0 fully saturated rings. The number of hydrogen-bond donors (Lipinski definition) is 1. The predicted octanol–water partition coefficient (Wildman–Crippen LogP) is 1.12. The van der Waals surface area contributed by atoms with Crippen LogP contribution in [0.25, 0.3) is 0 Å². The van der Waals surface area contributed by atoms with Crippen molar-refractivity contribution in [1.29, 1.82) is 0 Å². The van der Waals surface area contributed by atoms with E-state index in [2.05, 4.69) is 0 Å². The highest BCUT2D eigenvalue weighted by Crippen LogP contribution is 1.75. The van der Waals surface area contributed by atoms with Gasteiger partial charge in [-0.15, -0.1) is 0 Å². The molecule has 0 aliphatic rings. The SMILES string of the molecule is CC=CCCO.CN(C)C. The summed E-state index contributed by atoms with van der Waals surface area (Å²) in [7, 11) is 6.00. The van der Waals surface area contributed by atoms with Crippen molar-refractivity contribution in [3.63, 3.8) is 0 Å². The zero-order valence-electron chi connectivity index (χ0n) is 7.46. The summed E-state index contributed by atoms with van der Waals surface area (Å²) in [6.45, 7) is 2.21. The Morgan fingerprint density at radius 1 is 1.30 bits per heavy atom. The molecule has 0 aromatic rings. The summed E-state index contributed by atoms with van der Waals surface area (Å²) in [4.78, 5) is 2.00. The Labute approximate surface area is 64.2 Å². The van der Waals surface area contributed by atoms with Gasteiger partial charge in [0.1, 0.15) is 0 Å². The summed E-state index contributed by atoms with van der Waals surface area (Å²) in [5, 5.41) is 8.15. The Balaban J connectivity index is 0. The van der Waals surface area contributed by atoms with Crippen LogP contribution >= 0.6 is 0 Å². The zero-order chi connectivity index (χ0) is 8.41. The highest BCUT2D eigenvalue weighted by molar-refractivity contribution is 4.75. The molecule has 0 radical (unpaired) electrons. The number of rotatable bonds is 2. The molecule has 0 saturated heterocycles. The van der Waals surface area contributed by atoms with Gasteiger partial charge in [-0.2, -0.15) is 0 Å². The van der Waals surface area contributed by atoms with Crippen molar-refractivity contribution in [2.75, 3.05) is 27.7 Å². The van der Waals surface area contributed by atoms with E-state index in [4.69, 9.17) is 5.11 Å². The molecular weight excluding hydrogens is 126 g/mol. The first kappa shape index (κ1) is 12.3. The van der Waals surface area contributed by atoms with Crippen molar-refractivity contribution >= 4 is 0 Å². The molecule has 0 aliphatic carbocycles. The lowest BCUT2D eigenvalue weighted by Gasteiger charge is -1.90. The topological polar surface area (TPSA) is 23.5 Å². The van der Waals surface area contributed by atoms with Crippen molar-refractivity contribution in [3.05, 3.63) is 12.2 Å². The van der Waals surface area contributed by atoms with Gasteiger partial charge in [-0.25, -0.2) is 0 Å². The van der Waals surface area contributed by atoms with Gasteiger partial charge in [0.15, 0.2) is 0 Å². The molecule has 0 aliphatic heterocycles. The molecule has 0 unspecified atom stereocenters. The Morgan fingerprint density at radius 2 is 1.70 bits per heavy atom. The van der Waals surface area contributed by atoms with Gasteiger partial charge < -0.3 is 10.0 Å². The Bertz CT molecular complexity index is 66.9. The smallest absolute Gasteiger partial charge is 0.0465 e. The molecule has 0 aromatic carbocycles. The Morgan fingerprint density at radius 3 is 1.80 bits per heavy atom. The van der Waals surface area contributed by atoms with Crippen LogP contribution in [0.1, 0.15) is 13.3 Å². The second-order valence-corrected chi connectivity index (χ2v) is 2.42. The number of aliphatic hydroxyl groups is 1. The number of nitrogens with zero attached hydrogens (tertiary/aromatic N) is 1. The van der Waals surface area contributed by atoms with Crippen molar-refractivity contribution < 1.29 is 5.11 Å².